The number of nitrogens with zero attached hydrogens (tertiary/aromatic N) is 4. The molecule has 0 saturated carbocycles. The maximum atomic E-state index is 12.6. The molecule has 0 amide bonds. The second-order valence-electron chi connectivity index (χ2n) is 8.67. The number of ketones is 1. The van der Waals surface area contributed by atoms with Crippen molar-refractivity contribution in [1.29, 1.82) is 0 Å². The summed E-state index contributed by atoms with van der Waals surface area (Å²) < 4.78 is 1.63. The van der Waals surface area contributed by atoms with E-state index in [4.69, 9.17) is 11.6 Å². The van der Waals surface area contributed by atoms with Crippen molar-refractivity contribution in [1.82, 2.24) is 14.5 Å². The highest BCUT2D eigenvalue weighted by molar-refractivity contribution is 6.32. The number of benzene rings is 1. The van der Waals surface area contributed by atoms with Gasteiger partial charge in [-0.2, -0.15) is 4.98 Å². The van der Waals surface area contributed by atoms with Crippen molar-refractivity contribution in [3.8, 4) is 0 Å². The first-order valence-corrected chi connectivity index (χ1v) is 11.4. The van der Waals surface area contributed by atoms with Crippen LogP contribution in [0.1, 0.15) is 38.7 Å². The van der Waals surface area contributed by atoms with Crippen LogP contribution in [0.25, 0.3) is 10.9 Å². The van der Waals surface area contributed by atoms with Crippen molar-refractivity contribution in [2.24, 2.45) is 13.0 Å². The van der Waals surface area contributed by atoms with Gasteiger partial charge in [0.05, 0.1) is 11.7 Å². The summed E-state index contributed by atoms with van der Waals surface area (Å²) in [4.78, 5) is 35.3. The van der Waals surface area contributed by atoms with Crippen molar-refractivity contribution in [2.75, 3.05) is 23.3 Å². The molecule has 1 aliphatic rings. The number of hydrogen-bond acceptors (Lipinski definition) is 6. The van der Waals surface area contributed by atoms with Gasteiger partial charge >= 0.3 is 0 Å². The molecule has 168 valence electrons. The third kappa shape index (κ3) is 4.78. The number of piperidine rings is 1. The van der Waals surface area contributed by atoms with E-state index in [2.05, 4.69) is 27.1 Å². The molecule has 4 rings (SSSR count). The Labute approximate surface area is 192 Å². The van der Waals surface area contributed by atoms with Crippen LogP contribution in [0, 0.1) is 5.92 Å². The van der Waals surface area contributed by atoms with Crippen molar-refractivity contribution < 1.29 is 4.79 Å². The van der Waals surface area contributed by atoms with E-state index in [1.54, 1.807) is 17.8 Å². The molecular weight excluding hydrogens is 426 g/mol. The summed E-state index contributed by atoms with van der Waals surface area (Å²) in [5.41, 5.74) is 2.20. The van der Waals surface area contributed by atoms with Gasteiger partial charge in [-0.25, -0.2) is 4.98 Å². The first-order chi connectivity index (χ1) is 15.3. The summed E-state index contributed by atoms with van der Waals surface area (Å²) in [5, 5.41) is 4.66. The molecular formula is C24H28ClN5O2. The second-order valence-corrected chi connectivity index (χ2v) is 9.08. The maximum absolute atomic E-state index is 12.6. The Balaban J connectivity index is 1.62. The summed E-state index contributed by atoms with van der Waals surface area (Å²) in [6.45, 7) is 5.69. The molecule has 0 spiro atoms. The Morgan fingerprint density at radius 3 is 2.72 bits per heavy atom. The molecule has 7 nitrogen and oxygen atoms in total. The molecule has 0 bridgehead atoms. The average molecular weight is 454 g/mol. The molecule has 1 fully saturated rings. The minimum absolute atomic E-state index is 0.0694. The Morgan fingerprint density at radius 1 is 1.25 bits per heavy atom. The van der Waals surface area contributed by atoms with E-state index in [1.807, 2.05) is 24.3 Å². The zero-order valence-electron chi connectivity index (χ0n) is 18.7. The van der Waals surface area contributed by atoms with Gasteiger partial charge in [0, 0.05) is 43.2 Å². The number of halogens is 1. The van der Waals surface area contributed by atoms with Gasteiger partial charge in [-0.1, -0.05) is 18.5 Å². The summed E-state index contributed by atoms with van der Waals surface area (Å²) >= 11 is 6.39. The lowest BCUT2D eigenvalue weighted by molar-refractivity contribution is -0.116. The zero-order valence-corrected chi connectivity index (χ0v) is 19.4. The van der Waals surface area contributed by atoms with Gasteiger partial charge in [0.2, 0.25) is 5.95 Å². The fourth-order valence-corrected chi connectivity index (χ4v) is 4.20. The zero-order chi connectivity index (χ0) is 22.8. The Kier molecular flexibility index (Phi) is 6.46. The van der Waals surface area contributed by atoms with E-state index in [1.165, 1.54) is 6.92 Å². The molecule has 8 heteroatoms. The van der Waals surface area contributed by atoms with E-state index in [0.717, 1.165) is 48.4 Å². The van der Waals surface area contributed by atoms with Gasteiger partial charge in [-0.3, -0.25) is 4.79 Å². The third-order valence-corrected chi connectivity index (χ3v) is 6.38. The fraction of sp³-hybridized carbons (Fsp3) is 0.417. The summed E-state index contributed by atoms with van der Waals surface area (Å²) in [5.74, 6) is 2.03. The molecule has 1 N–H and O–H groups in total. The summed E-state index contributed by atoms with van der Waals surface area (Å²) in [7, 11) is 1.75. The molecule has 3 heterocycles. The number of rotatable bonds is 6. The molecule has 0 unspecified atom stereocenters. The van der Waals surface area contributed by atoms with Crippen LogP contribution in [0.3, 0.4) is 0 Å². The van der Waals surface area contributed by atoms with Crippen LogP contribution in [-0.2, 0) is 18.3 Å². The van der Waals surface area contributed by atoms with Crippen molar-refractivity contribution in [2.45, 2.75) is 39.5 Å². The van der Waals surface area contributed by atoms with E-state index in [0.29, 0.717) is 35.2 Å². The van der Waals surface area contributed by atoms with Crippen molar-refractivity contribution in [3.63, 3.8) is 0 Å². The Morgan fingerprint density at radius 2 is 2.00 bits per heavy atom. The quantitative estimate of drug-likeness (QED) is 0.592. The van der Waals surface area contributed by atoms with Gasteiger partial charge in [-0.15, -0.1) is 0 Å². The monoisotopic (exact) mass is 453 g/mol. The smallest absolute Gasteiger partial charge is 0.253 e. The van der Waals surface area contributed by atoms with Crippen LogP contribution in [0.15, 0.2) is 35.3 Å². The SMILES string of the molecule is CC(=O)CCc1cc2cc(Nc3nc(N4CCC(C)CC4)ncc3Cl)ccc2n(C)c1=O. The van der Waals surface area contributed by atoms with E-state index in [-0.39, 0.29) is 11.3 Å². The molecule has 3 aromatic rings. The van der Waals surface area contributed by atoms with Crippen LogP contribution in [0.2, 0.25) is 5.02 Å². The topological polar surface area (TPSA) is 80.1 Å². The predicted octanol–water partition coefficient (Wildman–Crippen LogP) is 4.48. The molecule has 0 aliphatic carbocycles. The van der Waals surface area contributed by atoms with Gasteiger partial charge in [0.15, 0.2) is 5.82 Å². The van der Waals surface area contributed by atoms with Gasteiger partial charge in [0.1, 0.15) is 10.8 Å². The lowest BCUT2D eigenvalue weighted by Crippen LogP contribution is -2.34. The normalized spacial score (nSPS) is 14.7. The molecule has 0 atom stereocenters. The van der Waals surface area contributed by atoms with E-state index >= 15 is 0 Å². The number of carbonyl (C=O) groups excluding carboxylic acids is 1. The number of Topliss-reactive ketones (excluding diaryl/α,β-unsaturated/α-hetero) is 1. The highest BCUT2D eigenvalue weighted by Crippen LogP contribution is 2.28. The molecule has 1 aromatic carbocycles. The van der Waals surface area contributed by atoms with Crippen LogP contribution in [-0.4, -0.2) is 33.4 Å². The molecule has 1 aliphatic heterocycles. The van der Waals surface area contributed by atoms with E-state index < -0.39 is 0 Å². The minimum atomic E-state index is -0.0706. The highest BCUT2D eigenvalue weighted by Gasteiger charge is 2.19. The summed E-state index contributed by atoms with van der Waals surface area (Å²) in [6.07, 6.45) is 4.68. The van der Waals surface area contributed by atoms with Crippen LogP contribution >= 0.6 is 11.6 Å². The molecule has 0 radical (unpaired) electrons. The number of nitrogens with one attached hydrogen (secondary N) is 1. The lowest BCUT2D eigenvalue weighted by Gasteiger charge is -2.30. The summed E-state index contributed by atoms with van der Waals surface area (Å²) in [6, 6.07) is 7.63. The largest absolute Gasteiger partial charge is 0.341 e. The molecule has 32 heavy (non-hydrogen) atoms. The first-order valence-electron chi connectivity index (χ1n) is 11.0. The first kappa shape index (κ1) is 22.3. The molecule has 2 aromatic heterocycles. The standard InChI is InChI=1S/C24H28ClN5O2/c1-15-8-10-30(11-9-15)24-26-14-20(25)22(28-24)27-19-6-7-21-18(13-19)12-17(5-4-16(2)31)23(32)29(21)3/h6-7,12-15H,4-5,8-11H2,1-3H3,(H,26,27,28). The predicted molar refractivity (Wildman–Crippen MR) is 129 cm³/mol. The Hall–Kier alpha value is -2.93. The van der Waals surface area contributed by atoms with Crippen molar-refractivity contribution >= 4 is 45.7 Å². The number of anilines is 3. The van der Waals surface area contributed by atoms with Gasteiger partial charge in [-0.05, 0) is 56.4 Å². The lowest BCUT2D eigenvalue weighted by atomic mass is 10.00. The second kappa shape index (κ2) is 9.28. The van der Waals surface area contributed by atoms with Crippen LogP contribution in [0.5, 0.6) is 0 Å². The Bertz CT molecular complexity index is 1210. The van der Waals surface area contributed by atoms with Crippen molar-refractivity contribution in [3.05, 3.63) is 51.4 Å². The van der Waals surface area contributed by atoms with Gasteiger partial charge in [0.25, 0.3) is 5.56 Å². The number of pyridine rings is 1. The van der Waals surface area contributed by atoms with E-state index in [9.17, 15) is 9.59 Å². The number of hydrogen-bond donors (Lipinski definition) is 1. The van der Waals surface area contributed by atoms with Gasteiger partial charge < -0.3 is 19.6 Å². The number of aryl methyl sites for hydroxylation is 2. The average Bonchev–Trinajstić information content (AvgIpc) is 2.77. The maximum Gasteiger partial charge on any atom is 0.253 e. The number of carbonyl (C=O) groups is 1. The minimum Gasteiger partial charge on any atom is -0.341 e. The van der Waals surface area contributed by atoms with Crippen LogP contribution < -0.4 is 15.8 Å². The molecule has 1 saturated heterocycles. The van der Waals surface area contributed by atoms with Crippen LogP contribution in [0.4, 0.5) is 17.5 Å². The number of fused-ring (bicyclic) bond motifs is 1. The highest BCUT2D eigenvalue weighted by atomic mass is 35.5. The third-order valence-electron chi connectivity index (χ3n) is 6.10. The number of aromatic nitrogens is 3. The fourth-order valence-electron chi connectivity index (χ4n) is 4.06.